The minimum atomic E-state index is -2.52. The van der Waals surface area contributed by atoms with Crippen molar-refractivity contribution >= 4 is 38.6 Å². The van der Waals surface area contributed by atoms with Crippen molar-refractivity contribution in [2.45, 2.75) is 19.8 Å². The first kappa shape index (κ1) is 17.8. The second kappa shape index (κ2) is 6.68. The standard InChI is InChI=1S/C16H19ClFN5OS/c1-4-6-11-14(18)10-9-19-16(17)21-15(10)23(11)13-8-5-7-12(20-13)22-25(2,3)24/h5,7-9,25H,4,6H2,1-3H3,(H,20,22,24). The number of hydrogen-bond acceptors (Lipinski definition) is 4. The lowest BCUT2D eigenvalue weighted by molar-refractivity contribution is 0.608. The summed E-state index contributed by atoms with van der Waals surface area (Å²) in [7, 11) is -2.52. The molecule has 1 N–H and O–H groups in total. The fourth-order valence-electron chi connectivity index (χ4n) is 2.65. The molecule has 3 aromatic rings. The molecule has 0 spiro atoms. The highest BCUT2D eigenvalue weighted by molar-refractivity contribution is 8.02. The zero-order valence-corrected chi connectivity index (χ0v) is 15.8. The van der Waals surface area contributed by atoms with Gasteiger partial charge in [-0.25, -0.2) is 14.4 Å². The molecule has 0 bridgehead atoms. The van der Waals surface area contributed by atoms with E-state index in [4.69, 9.17) is 11.6 Å². The molecule has 0 radical (unpaired) electrons. The molecule has 134 valence electrons. The maximum absolute atomic E-state index is 14.8. The highest BCUT2D eigenvalue weighted by atomic mass is 35.5. The summed E-state index contributed by atoms with van der Waals surface area (Å²) in [6.45, 7) is 1.97. The number of rotatable bonds is 5. The Morgan fingerprint density at radius 1 is 1.32 bits per heavy atom. The third kappa shape index (κ3) is 3.64. The van der Waals surface area contributed by atoms with Crippen LogP contribution in [0.4, 0.5) is 10.2 Å². The molecule has 0 fully saturated rings. The van der Waals surface area contributed by atoms with Crippen molar-refractivity contribution < 1.29 is 8.60 Å². The van der Waals surface area contributed by atoms with E-state index >= 15 is 0 Å². The van der Waals surface area contributed by atoms with Crippen LogP contribution in [0, 0.1) is 5.82 Å². The molecule has 0 amide bonds. The first-order valence-corrected chi connectivity index (χ1v) is 10.8. The van der Waals surface area contributed by atoms with Crippen LogP contribution in [-0.4, -0.2) is 36.2 Å². The van der Waals surface area contributed by atoms with E-state index in [1.165, 1.54) is 6.20 Å². The van der Waals surface area contributed by atoms with Gasteiger partial charge in [-0.15, -0.1) is 0 Å². The van der Waals surface area contributed by atoms with Crippen molar-refractivity contribution in [1.29, 1.82) is 0 Å². The first-order chi connectivity index (χ1) is 11.8. The average Bonchev–Trinajstić information content (AvgIpc) is 2.78. The summed E-state index contributed by atoms with van der Waals surface area (Å²) in [5.74, 6) is 0.562. The van der Waals surface area contributed by atoms with Crippen LogP contribution in [0.15, 0.2) is 24.4 Å². The lowest BCUT2D eigenvalue weighted by Gasteiger charge is -2.16. The Balaban J connectivity index is 2.24. The molecule has 0 unspecified atom stereocenters. The summed E-state index contributed by atoms with van der Waals surface area (Å²) in [5, 5.41) is 0.333. The van der Waals surface area contributed by atoms with E-state index in [0.717, 1.165) is 6.42 Å². The minimum Gasteiger partial charge on any atom is -0.312 e. The van der Waals surface area contributed by atoms with E-state index in [1.54, 1.807) is 35.3 Å². The number of halogens is 2. The van der Waals surface area contributed by atoms with Gasteiger partial charge in [0.05, 0.1) is 11.1 Å². The van der Waals surface area contributed by atoms with Crippen molar-refractivity contribution in [3.63, 3.8) is 0 Å². The maximum Gasteiger partial charge on any atom is 0.224 e. The van der Waals surface area contributed by atoms with Gasteiger partial charge in [-0.05, 0) is 40.3 Å². The van der Waals surface area contributed by atoms with Gasteiger partial charge in [0.15, 0.2) is 11.5 Å². The van der Waals surface area contributed by atoms with Gasteiger partial charge >= 0.3 is 0 Å². The smallest absolute Gasteiger partial charge is 0.224 e. The fourth-order valence-corrected chi connectivity index (χ4v) is 3.45. The number of nitrogens with one attached hydrogen (secondary N) is 1. The Kier molecular flexibility index (Phi) is 4.75. The maximum atomic E-state index is 14.8. The van der Waals surface area contributed by atoms with Crippen LogP contribution in [0.25, 0.3) is 16.9 Å². The second-order valence-corrected chi connectivity index (χ2v) is 9.33. The second-order valence-electron chi connectivity index (χ2n) is 6.07. The third-order valence-corrected chi connectivity index (χ3v) is 4.49. The molecular formula is C16H19ClFN5OS. The molecule has 0 saturated heterocycles. The summed E-state index contributed by atoms with van der Waals surface area (Å²) in [5.41, 5.74) is 0.830. The average molecular weight is 384 g/mol. The predicted molar refractivity (Wildman–Crippen MR) is 101 cm³/mol. The quantitative estimate of drug-likeness (QED) is 0.524. The Bertz CT molecular complexity index is 984. The molecule has 9 heteroatoms. The fraction of sp³-hybridized carbons (Fsp3) is 0.312. The molecule has 0 atom stereocenters. The number of thiol groups is 1. The van der Waals surface area contributed by atoms with E-state index in [-0.39, 0.29) is 11.1 Å². The number of pyridine rings is 1. The number of hydrogen-bond donors (Lipinski definition) is 2. The van der Waals surface area contributed by atoms with Gasteiger partial charge in [-0.3, -0.25) is 8.78 Å². The Labute approximate surface area is 151 Å². The molecule has 3 rings (SSSR count). The van der Waals surface area contributed by atoms with Crippen molar-refractivity contribution in [2.75, 3.05) is 17.2 Å². The van der Waals surface area contributed by atoms with Crippen molar-refractivity contribution in [3.05, 3.63) is 41.2 Å². The Morgan fingerprint density at radius 3 is 2.76 bits per heavy atom. The lowest BCUT2D eigenvalue weighted by atomic mass is 10.2. The van der Waals surface area contributed by atoms with Gasteiger partial charge in [0.2, 0.25) is 5.28 Å². The topological polar surface area (TPSA) is 72.7 Å². The normalized spacial score (nSPS) is 12.5. The van der Waals surface area contributed by atoms with Crippen molar-refractivity contribution in [3.8, 4) is 5.82 Å². The Morgan fingerprint density at radius 2 is 2.08 bits per heavy atom. The highest BCUT2D eigenvalue weighted by Gasteiger charge is 2.21. The molecule has 25 heavy (non-hydrogen) atoms. The minimum absolute atomic E-state index is 0.0372. The summed E-state index contributed by atoms with van der Waals surface area (Å²) < 4.78 is 31.4. The zero-order valence-electron chi connectivity index (χ0n) is 14.1. The van der Waals surface area contributed by atoms with Crippen LogP contribution >= 0.6 is 11.6 Å². The van der Waals surface area contributed by atoms with Gasteiger partial charge in [0.25, 0.3) is 0 Å². The van der Waals surface area contributed by atoms with E-state index in [1.807, 2.05) is 6.92 Å². The highest BCUT2D eigenvalue weighted by Crippen LogP contribution is 2.28. The number of anilines is 1. The molecule has 0 saturated carbocycles. The zero-order chi connectivity index (χ0) is 18.2. The van der Waals surface area contributed by atoms with Crippen LogP contribution < -0.4 is 4.72 Å². The van der Waals surface area contributed by atoms with Crippen molar-refractivity contribution in [2.24, 2.45) is 0 Å². The molecular weight excluding hydrogens is 365 g/mol. The van der Waals surface area contributed by atoms with Gasteiger partial charge in [0, 0.05) is 18.7 Å². The van der Waals surface area contributed by atoms with Crippen LogP contribution in [0.2, 0.25) is 5.28 Å². The molecule has 0 aliphatic rings. The predicted octanol–water partition coefficient (Wildman–Crippen LogP) is 3.16. The lowest BCUT2D eigenvalue weighted by Crippen LogP contribution is -2.19. The largest absolute Gasteiger partial charge is 0.312 e. The molecule has 0 aliphatic carbocycles. The summed E-state index contributed by atoms with van der Waals surface area (Å²) in [6, 6.07) is 5.23. The molecule has 0 aromatic carbocycles. The van der Waals surface area contributed by atoms with Crippen LogP contribution in [0.5, 0.6) is 0 Å². The molecule has 3 heterocycles. The van der Waals surface area contributed by atoms with Crippen LogP contribution in [0.3, 0.4) is 0 Å². The molecule has 6 nitrogen and oxygen atoms in total. The monoisotopic (exact) mass is 383 g/mol. The number of aromatic nitrogens is 4. The Hall–Kier alpha value is -2.06. The summed E-state index contributed by atoms with van der Waals surface area (Å²) in [4.78, 5) is 12.5. The summed E-state index contributed by atoms with van der Waals surface area (Å²) >= 11 is 5.91. The van der Waals surface area contributed by atoms with E-state index in [2.05, 4.69) is 19.7 Å². The van der Waals surface area contributed by atoms with Gasteiger partial charge in [0.1, 0.15) is 11.6 Å². The van der Waals surface area contributed by atoms with Gasteiger partial charge in [-0.2, -0.15) is 4.98 Å². The van der Waals surface area contributed by atoms with E-state index < -0.39 is 10.1 Å². The van der Waals surface area contributed by atoms with Gasteiger partial charge in [-0.1, -0.05) is 19.4 Å². The van der Waals surface area contributed by atoms with Crippen molar-refractivity contribution in [1.82, 2.24) is 19.5 Å². The third-order valence-electron chi connectivity index (χ3n) is 3.54. The van der Waals surface area contributed by atoms with E-state index in [0.29, 0.717) is 34.8 Å². The number of nitrogens with zero attached hydrogens (tertiary/aromatic N) is 4. The van der Waals surface area contributed by atoms with Crippen LogP contribution in [0.1, 0.15) is 19.0 Å². The SMILES string of the molecule is CCCc1c(F)c2cnc(Cl)nc2n1-c1cccc(N[SH](C)(C)=O)n1. The molecule has 0 aliphatic heterocycles. The van der Waals surface area contributed by atoms with Gasteiger partial charge < -0.3 is 4.72 Å². The van der Waals surface area contributed by atoms with Crippen LogP contribution in [-0.2, 0) is 16.5 Å². The summed E-state index contributed by atoms with van der Waals surface area (Å²) in [6.07, 6.45) is 5.87. The van der Waals surface area contributed by atoms with E-state index in [9.17, 15) is 8.60 Å². The molecule has 3 aromatic heterocycles. The first-order valence-electron chi connectivity index (χ1n) is 7.82. The number of fused-ring (bicyclic) bond motifs is 1.